The number of anilines is 1. The molecule has 0 aliphatic carbocycles. The highest BCUT2D eigenvalue weighted by molar-refractivity contribution is 7.14. The average Bonchev–Trinajstić information content (AvgIpc) is 3.18. The monoisotopic (exact) mass is 400 g/mol. The van der Waals surface area contributed by atoms with Crippen molar-refractivity contribution in [2.75, 3.05) is 18.8 Å². The summed E-state index contributed by atoms with van der Waals surface area (Å²) in [7, 11) is 0. The third kappa shape index (κ3) is 3.99. The first-order valence-corrected chi connectivity index (χ1v) is 10.3. The van der Waals surface area contributed by atoms with Gasteiger partial charge in [0.2, 0.25) is 5.95 Å². The zero-order valence-electron chi connectivity index (χ0n) is 14.8. The van der Waals surface area contributed by atoms with Crippen LogP contribution >= 0.6 is 22.9 Å². The summed E-state index contributed by atoms with van der Waals surface area (Å²) in [5.41, 5.74) is 9.28. The molecule has 2 aromatic heterocycles. The molecule has 0 bridgehead atoms. The van der Waals surface area contributed by atoms with E-state index in [1.54, 1.807) is 17.5 Å². The van der Waals surface area contributed by atoms with Crippen molar-refractivity contribution < 1.29 is 5.11 Å². The molecule has 1 unspecified atom stereocenters. The highest BCUT2D eigenvalue weighted by Gasteiger charge is 2.20. The van der Waals surface area contributed by atoms with Crippen LogP contribution in [0.15, 0.2) is 41.9 Å². The van der Waals surface area contributed by atoms with Crippen molar-refractivity contribution in [1.29, 1.82) is 0 Å². The summed E-state index contributed by atoms with van der Waals surface area (Å²) in [6, 6.07) is 9.70. The quantitative estimate of drug-likeness (QED) is 0.670. The lowest BCUT2D eigenvalue weighted by molar-refractivity contribution is -0.00981. The number of rotatable bonds is 4. The molecule has 4 rings (SSSR count). The van der Waals surface area contributed by atoms with Crippen LogP contribution < -0.4 is 5.73 Å². The second-order valence-electron chi connectivity index (χ2n) is 6.71. The van der Waals surface area contributed by atoms with E-state index in [1.165, 1.54) is 6.42 Å². The van der Waals surface area contributed by atoms with Gasteiger partial charge in [-0.2, -0.15) is 0 Å². The zero-order valence-corrected chi connectivity index (χ0v) is 16.4. The maximum Gasteiger partial charge on any atom is 0.220 e. The van der Waals surface area contributed by atoms with Gasteiger partial charge in [-0.05, 0) is 47.5 Å². The van der Waals surface area contributed by atoms with Gasteiger partial charge in [0.05, 0.1) is 10.6 Å². The lowest BCUT2D eigenvalue weighted by atomic mass is 10.0. The van der Waals surface area contributed by atoms with Crippen LogP contribution in [0.1, 0.15) is 31.1 Å². The van der Waals surface area contributed by atoms with Gasteiger partial charge in [-0.1, -0.05) is 30.2 Å². The number of benzene rings is 1. The van der Waals surface area contributed by atoms with Crippen molar-refractivity contribution in [3.05, 3.63) is 52.5 Å². The number of thiophene rings is 1. The zero-order chi connectivity index (χ0) is 18.8. The number of halogens is 1. The lowest BCUT2D eigenvalue weighted by Crippen LogP contribution is -2.33. The second-order valence-corrected chi connectivity index (χ2v) is 8.03. The average molecular weight is 401 g/mol. The van der Waals surface area contributed by atoms with Gasteiger partial charge in [0.1, 0.15) is 6.23 Å². The van der Waals surface area contributed by atoms with Gasteiger partial charge in [0.25, 0.3) is 0 Å². The summed E-state index contributed by atoms with van der Waals surface area (Å²) >= 11 is 8.14. The van der Waals surface area contributed by atoms with Gasteiger partial charge in [0.15, 0.2) is 0 Å². The summed E-state index contributed by atoms with van der Waals surface area (Å²) in [6.07, 6.45) is 4.56. The van der Waals surface area contributed by atoms with Crippen LogP contribution in [-0.4, -0.2) is 33.1 Å². The molecule has 1 atom stereocenters. The largest absolute Gasteiger partial charge is 0.374 e. The summed E-state index contributed by atoms with van der Waals surface area (Å²) in [4.78, 5) is 11.3. The van der Waals surface area contributed by atoms with E-state index < -0.39 is 6.23 Å². The number of nitrogens with zero attached hydrogens (tertiary/aromatic N) is 3. The highest BCUT2D eigenvalue weighted by Crippen LogP contribution is 2.36. The molecule has 3 heterocycles. The number of piperidine rings is 1. The molecule has 5 nitrogen and oxygen atoms in total. The van der Waals surface area contributed by atoms with E-state index in [2.05, 4.69) is 20.2 Å². The van der Waals surface area contributed by atoms with Gasteiger partial charge in [-0.25, -0.2) is 9.97 Å². The molecular formula is C20H21ClN4OS. The molecule has 0 amide bonds. The Morgan fingerprint density at radius 1 is 1.15 bits per heavy atom. The standard InChI is InChI=1S/C20H21ClN4OS/c21-16-10-13(19(26)25-8-2-1-3-9-25)4-5-15(16)14-11-18(27-12-14)17-6-7-23-20(22)24-17/h4-7,10-12,19,26H,1-3,8-9H2,(H2,22,23,24). The topological polar surface area (TPSA) is 75.3 Å². The Morgan fingerprint density at radius 2 is 1.96 bits per heavy atom. The van der Waals surface area contributed by atoms with Gasteiger partial charge >= 0.3 is 0 Å². The van der Waals surface area contributed by atoms with Crippen LogP contribution in [0.2, 0.25) is 5.02 Å². The molecule has 0 radical (unpaired) electrons. The minimum absolute atomic E-state index is 0.261. The van der Waals surface area contributed by atoms with E-state index in [1.807, 2.05) is 30.3 Å². The number of nitrogen functional groups attached to an aromatic ring is 1. The van der Waals surface area contributed by atoms with Crippen molar-refractivity contribution in [2.45, 2.75) is 25.5 Å². The first kappa shape index (κ1) is 18.4. The predicted molar refractivity (Wildman–Crippen MR) is 111 cm³/mol. The van der Waals surface area contributed by atoms with E-state index in [-0.39, 0.29) is 5.95 Å². The first-order chi connectivity index (χ1) is 13.1. The molecular weight excluding hydrogens is 380 g/mol. The fourth-order valence-corrected chi connectivity index (χ4v) is 4.60. The molecule has 3 aromatic rings. The number of aliphatic hydroxyl groups is 1. The van der Waals surface area contributed by atoms with Crippen molar-refractivity contribution in [3.63, 3.8) is 0 Å². The molecule has 140 valence electrons. The Hall–Kier alpha value is -1.99. The fraction of sp³-hybridized carbons (Fsp3) is 0.300. The highest BCUT2D eigenvalue weighted by atomic mass is 35.5. The van der Waals surface area contributed by atoms with Gasteiger partial charge in [0, 0.05) is 29.9 Å². The Bertz CT molecular complexity index is 939. The van der Waals surface area contributed by atoms with E-state index in [0.717, 1.165) is 53.2 Å². The Balaban J connectivity index is 1.58. The summed E-state index contributed by atoms with van der Waals surface area (Å²) in [5, 5.41) is 13.3. The van der Waals surface area contributed by atoms with Crippen LogP contribution in [0, 0.1) is 0 Å². The molecule has 1 aliphatic rings. The van der Waals surface area contributed by atoms with E-state index in [0.29, 0.717) is 5.02 Å². The van der Waals surface area contributed by atoms with Gasteiger partial charge in [-0.15, -0.1) is 11.3 Å². The number of hydrogen-bond acceptors (Lipinski definition) is 6. The molecule has 1 aliphatic heterocycles. The maximum absolute atomic E-state index is 10.7. The molecule has 1 saturated heterocycles. The van der Waals surface area contributed by atoms with Gasteiger partial charge in [-0.3, -0.25) is 4.90 Å². The smallest absolute Gasteiger partial charge is 0.220 e. The minimum atomic E-state index is -0.598. The fourth-order valence-electron chi connectivity index (χ4n) is 3.42. The van der Waals surface area contributed by atoms with Crippen LogP contribution in [0.5, 0.6) is 0 Å². The van der Waals surface area contributed by atoms with Crippen LogP contribution in [0.25, 0.3) is 21.7 Å². The SMILES string of the molecule is Nc1nccc(-c2cc(-c3ccc(C(O)N4CCCCC4)cc3Cl)cs2)n1. The Morgan fingerprint density at radius 3 is 2.70 bits per heavy atom. The number of hydrogen-bond donors (Lipinski definition) is 2. The number of nitrogens with two attached hydrogens (primary N) is 1. The summed E-state index contributed by atoms with van der Waals surface area (Å²) < 4.78 is 0. The predicted octanol–water partition coefficient (Wildman–Crippen LogP) is 4.58. The summed E-state index contributed by atoms with van der Waals surface area (Å²) in [5.74, 6) is 0.261. The molecule has 1 aromatic carbocycles. The molecule has 27 heavy (non-hydrogen) atoms. The van der Waals surface area contributed by atoms with Crippen molar-refractivity contribution in [3.8, 4) is 21.7 Å². The Kier molecular flexibility index (Phi) is 5.41. The van der Waals surface area contributed by atoms with Crippen LogP contribution in [-0.2, 0) is 0 Å². The van der Waals surface area contributed by atoms with Crippen molar-refractivity contribution >= 4 is 28.9 Å². The van der Waals surface area contributed by atoms with Gasteiger partial charge < -0.3 is 10.8 Å². The second kappa shape index (κ2) is 7.94. The molecule has 1 fully saturated rings. The third-order valence-electron chi connectivity index (χ3n) is 4.86. The number of aliphatic hydroxyl groups excluding tert-OH is 1. The molecule has 0 saturated carbocycles. The van der Waals surface area contributed by atoms with E-state index in [4.69, 9.17) is 17.3 Å². The normalized spacial score (nSPS) is 16.4. The molecule has 7 heteroatoms. The maximum atomic E-state index is 10.7. The summed E-state index contributed by atoms with van der Waals surface area (Å²) in [6.45, 7) is 1.85. The third-order valence-corrected chi connectivity index (χ3v) is 6.13. The molecule has 0 spiro atoms. The molecule has 3 N–H and O–H groups in total. The minimum Gasteiger partial charge on any atom is -0.374 e. The van der Waals surface area contributed by atoms with E-state index >= 15 is 0 Å². The number of likely N-dealkylation sites (tertiary alicyclic amines) is 1. The Labute approximate surface area is 167 Å². The van der Waals surface area contributed by atoms with Crippen LogP contribution in [0.4, 0.5) is 5.95 Å². The number of aromatic nitrogens is 2. The lowest BCUT2D eigenvalue weighted by Gasteiger charge is -2.31. The van der Waals surface area contributed by atoms with Crippen molar-refractivity contribution in [2.24, 2.45) is 0 Å². The van der Waals surface area contributed by atoms with Crippen molar-refractivity contribution in [1.82, 2.24) is 14.9 Å². The first-order valence-electron chi connectivity index (χ1n) is 9.01. The van der Waals surface area contributed by atoms with Crippen LogP contribution in [0.3, 0.4) is 0 Å². The van der Waals surface area contributed by atoms with E-state index in [9.17, 15) is 5.11 Å².